The van der Waals surface area contributed by atoms with Gasteiger partial charge in [-0.2, -0.15) is 0 Å². The van der Waals surface area contributed by atoms with Crippen LogP contribution < -0.4 is 14.4 Å². The second-order valence-corrected chi connectivity index (χ2v) is 7.89. The van der Waals surface area contributed by atoms with Gasteiger partial charge in [0.05, 0.1) is 12.3 Å². The van der Waals surface area contributed by atoms with Crippen LogP contribution in [-0.2, 0) is 11.2 Å². The predicted molar refractivity (Wildman–Crippen MR) is 129 cm³/mol. The molecule has 0 radical (unpaired) electrons. The summed E-state index contributed by atoms with van der Waals surface area (Å²) < 4.78 is 11.2. The van der Waals surface area contributed by atoms with Gasteiger partial charge in [0.15, 0.2) is 12.4 Å². The molecule has 1 fully saturated rings. The molecule has 1 aliphatic heterocycles. The zero-order chi connectivity index (χ0) is 23.0. The van der Waals surface area contributed by atoms with Crippen molar-refractivity contribution in [3.63, 3.8) is 0 Å². The lowest BCUT2D eigenvalue weighted by Gasteiger charge is -2.35. The summed E-state index contributed by atoms with van der Waals surface area (Å²) in [5, 5.41) is 8.81. The Bertz CT molecular complexity index is 1030. The van der Waals surface area contributed by atoms with Gasteiger partial charge in [-0.15, -0.1) is 10.2 Å². The third-order valence-electron chi connectivity index (χ3n) is 5.76. The molecule has 1 aliphatic rings. The van der Waals surface area contributed by atoms with Crippen LogP contribution in [-0.4, -0.2) is 60.4 Å². The van der Waals surface area contributed by atoms with Gasteiger partial charge in [-0.1, -0.05) is 19.1 Å². The van der Waals surface area contributed by atoms with Crippen LogP contribution in [0.25, 0.3) is 11.3 Å². The van der Waals surface area contributed by atoms with Crippen LogP contribution in [0.4, 0.5) is 5.82 Å². The molecule has 0 spiro atoms. The van der Waals surface area contributed by atoms with E-state index in [1.54, 1.807) is 0 Å². The maximum absolute atomic E-state index is 12.5. The first-order valence-electron chi connectivity index (χ1n) is 11.5. The number of aryl methyl sites for hydroxylation is 1. The smallest absolute Gasteiger partial charge is 0.260 e. The Labute approximate surface area is 195 Å². The largest absolute Gasteiger partial charge is 0.494 e. The Balaban J connectivity index is 1.27. The summed E-state index contributed by atoms with van der Waals surface area (Å²) in [5.74, 6) is 2.40. The van der Waals surface area contributed by atoms with Crippen LogP contribution in [0.15, 0.2) is 60.7 Å². The average Bonchev–Trinajstić information content (AvgIpc) is 2.88. The van der Waals surface area contributed by atoms with E-state index in [0.717, 1.165) is 35.0 Å². The minimum absolute atomic E-state index is 0.00569. The third-order valence-corrected chi connectivity index (χ3v) is 5.76. The molecule has 0 bridgehead atoms. The fourth-order valence-electron chi connectivity index (χ4n) is 3.78. The Morgan fingerprint density at radius 3 is 2.09 bits per heavy atom. The fourth-order valence-corrected chi connectivity index (χ4v) is 3.78. The number of nitrogens with zero attached hydrogens (tertiary/aromatic N) is 4. The van der Waals surface area contributed by atoms with Crippen molar-refractivity contribution in [1.82, 2.24) is 15.1 Å². The number of rotatable bonds is 8. The van der Waals surface area contributed by atoms with Gasteiger partial charge >= 0.3 is 0 Å². The molecule has 1 saturated heterocycles. The van der Waals surface area contributed by atoms with E-state index in [1.807, 2.05) is 72.5 Å². The second kappa shape index (κ2) is 10.8. The standard InChI is InChI=1S/C26H30N4O3/c1-3-20-5-9-23(10-6-20)33-19-26(31)30-17-15-29(16-18-30)25-14-13-24(27-28-25)21-7-11-22(12-8-21)32-4-2/h5-14H,3-4,15-19H2,1-2H3. The summed E-state index contributed by atoms with van der Waals surface area (Å²) in [5.41, 5.74) is 3.07. The van der Waals surface area contributed by atoms with Crippen LogP contribution in [0, 0.1) is 0 Å². The molecular formula is C26H30N4O3. The van der Waals surface area contributed by atoms with Crippen molar-refractivity contribution in [2.45, 2.75) is 20.3 Å². The topological polar surface area (TPSA) is 67.8 Å². The highest BCUT2D eigenvalue weighted by molar-refractivity contribution is 5.78. The molecule has 0 saturated carbocycles. The van der Waals surface area contributed by atoms with E-state index in [2.05, 4.69) is 22.0 Å². The van der Waals surface area contributed by atoms with Gasteiger partial charge in [-0.25, -0.2) is 0 Å². The first kappa shape index (κ1) is 22.6. The monoisotopic (exact) mass is 446 g/mol. The molecule has 2 aromatic carbocycles. The lowest BCUT2D eigenvalue weighted by molar-refractivity contribution is -0.133. The Morgan fingerprint density at radius 1 is 0.818 bits per heavy atom. The SMILES string of the molecule is CCOc1ccc(-c2ccc(N3CCN(C(=O)COc4ccc(CC)cc4)CC3)nn2)cc1. The highest BCUT2D eigenvalue weighted by Crippen LogP contribution is 2.22. The van der Waals surface area contributed by atoms with Crippen molar-refractivity contribution in [3.8, 4) is 22.8 Å². The summed E-state index contributed by atoms with van der Waals surface area (Å²) in [6.07, 6.45) is 0.984. The normalized spacial score (nSPS) is 13.6. The molecule has 0 atom stereocenters. The van der Waals surface area contributed by atoms with E-state index in [9.17, 15) is 4.79 Å². The number of benzene rings is 2. The van der Waals surface area contributed by atoms with Gasteiger partial charge in [0.2, 0.25) is 0 Å². The molecule has 1 amide bonds. The minimum atomic E-state index is 0.00569. The number of amides is 1. The van der Waals surface area contributed by atoms with Crippen LogP contribution >= 0.6 is 0 Å². The molecule has 4 rings (SSSR count). The lowest BCUT2D eigenvalue weighted by Crippen LogP contribution is -2.50. The number of anilines is 1. The zero-order valence-electron chi connectivity index (χ0n) is 19.2. The van der Waals surface area contributed by atoms with Crippen molar-refractivity contribution in [3.05, 3.63) is 66.2 Å². The van der Waals surface area contributed by atoms with Crippen molar-refractivity contribution >= 4 is 11.7 Å². The maximum Gasteiger partial charge on any atom is 0.260 e. The first-order valence-corrected chi connectivity index (χ1v) is 11.5. The molecule has 1 aromatic heterocycles. The molecular weight excluding hydrogens is 416 g/mol. The molecule has 7 heteroatoms. The summed E-state index contributed by atoms with van der Waals surface area (Å²) in [7, 11) is 0. The molecule has 33 heavy (non-hydrogen) atoms. The second-order valence-electron chi connectivity index (χ2n) is 7.89. The van der Waals surface area contributed by atoms with Crippen molar-refractivity contribution in [1.29, 1.82) is 0 Å². The molecule has 0 unspecified atom stereocenters. The highest BCUT2D eigenvalue weighted by atomic mass is 16.5. The number of hydrogen-bond acceptors (Lipinski definition) is 6. The highest BCUT2D eigenvalue weighted by Gasteiger charge is 2.22. The lowest BCUT2D eigenvalue weighted by atomic mass is 10.1. The molecule has 172 valence electrons. The maximum atomic E-state index is 12.5. The first-order chi connectivity index (χ1) is 16.2. The van der Waals surface area contributed by atoms with Crippen LogP contribution in [0.5, 0.6) is 11.5 Å². The summed E-state index contributed by atoms with van der Waals surface area (Å²) in [4.78, 5) is 16.6. The van der Waals surface area contributed by atoms with Crippen molar-refractivity contribution in [2.24, 2.45) is 0 Å². The molecule has 7 nitrogen and oxygen atoms in total. The molecule has 0 aliphatic carbocycles. The summed E-state index contributed by atoms with van der Waals surface area (Å²) >= 11 is 0. The Kier molecular flexibility index (Phi) is 7.40. The van der Waals surface area contributed by atoms with Crippen LogP contribution in [0.3, 0.4) is 0 Å². The number of carbonyl (C=O) groups excluding carboxylic acids is 1. The van der Waals surface area contributed by atoms with Gasteiger partial charge in [0.1, 0.15) is 11.5 Å². The molecule has 0 N–H and O–H groups in total. The minimum Gasteiger partial charge on any atom is -0.494 e. The van der Waals surface area contributed by atoms with Gasteiger partial charge in [0, 0.05) is 31.7 Å². The van der Waals surface area contributed by atoms with E-state index >= 15 is 0 Å². The summed E-state index contributed by atoms with van der Waals surface area (Å²) in [6.45, 7) is 7.49. The van der Waals surface area contributed by atoms with E-state index in [-0.39, 0.29) is 12.5 Å². The van der Waals surface area contributed by atoms with Crippen LogP contribution in [0.1, 0.15) is 19.4 Å². The number of piperazine rings is 1. The average molecular weight is 447 g/mol. The summed E-state index contributed by atoms with van der Waals surface area (Å²) in [6, 6.07) is 19.7. The van der Waals surface area contributed by atoms with E-state index in [4.69, 9.17) is 9.47 Å². The van der Waals surface area contributed by atoms with E-state index < -0.39 is 0 Å². The number of ether oxygens (including phenoxy) is 2. The number of carbonyl (C=O) groups is 1. The Morgan fingerprint density at radius 2 is 1.48 bits per heavy atom. The molecule has 3 aromatic rings. The van der Waals surface area contributed by atoms with E-state index in [1.165, 1.54) is 5.56 Å². The van der Waals surface area contributed by atoms with Gasteiger partial charge in [-0.3, -0.25) is 4.79 Å². The molecule has 2 heterocycles. The predicted octanol–water partition coefficient (Wildman–Crippen LogP) is 3.83. The quantitative estimate of drug-likeness (QED) is 0.524. The number of aromatic nitrogens is 2. The van der Waals surface area contributed by atoms with Crippen LogP contribution in [0.2, 0.25) is 0 Å². The van der Waals surface area contributed by atoms with Gasteiger partial charge < -0.3 is 19.3 Å². The van der Waals surface area contributed by atoms with Crippen molar-refractivity contribution < 1.29 is 14.3 Å². The fraction of sp³-hybridized carbons (Fsp3) is 0.346. The van der Waals surface area contributed by atoms with Gasteiger partial charge in [-0.05, 0) is 67.4 Å². The third kappa shape index (κ3) is 5.80. The Hall–Kier alpha value is -3.61. The number of hydrogen-bond donors (Lipinski definition) is 0. The van der Waals surface area contributed by atoms with Gasteiger partial charge in [0.25, 0.3) is 5.91 Å². The van der Waals surface area contributed by atoms with Crippen molar-refractivity contribution in [2.75, 3.05) is 44.3 Å². The zero-order valence-corrected chi connectivity index (χ0v) is 19.2. The van der Waals surface area contributed by atoms with E-state index in [0.29, 0.717) is 32.8 Å².